The number of aromatic nitrogens is 3. The number of rotatable bonds is 4. The van der Waals surface area contributed by atoms with E-state index in [0.717, 1.165) is 43.6 Å². The van der Waals surface area contributed by atoms with Gasteiger partial charge in [0.1, 0.15) is 5.82 Å². The molecule has 1 aliphatic rings. The Bertz CT molecular complexity index is 1040. The van der Waals surface area contributed by atoms with Crippen molar-refractivity contribution in [1.82, 2.24) is 19.9 Å². The summed E-state index contributed by atoms with van der Waals surface area (Å²) < 4.78 is 40.0. The normalized spacial score (nSPS) is 19.8. The third-order valence-corrected chi connectivity index (χ3v) is 5.74. The summed E-state index contributed by atoms with van der Waals surface area (Å²) in [7, 11) is 0. The molecule has 0 spiro atoms. The molecule has 2 aromatic heterocycles. The number of fused-ring (bicyclic) bond motifs is 1. The average molecular weight is 448 g/mol. The van der Waals surface area contributed by atoms with Gasteiger partial charge in [0, 0.05) is 12.1 Å². The molecule has 0 saturated carbocycles. The molecule has 1 amide bonds. The first-order valence-corrected chi connectivity index (χ1v) is 10.6. The lowest BCUT2D eigenvalue weighted by Gasteiger charge is -2.31. The Kier molecular flexibility index (Phi) is 7.18. The molecular formula is C23H28F3N5O. The first-order chi connectivity index (χ1) is 15.1. The van der Waals surface area contributed by atoms with Crippen LogP contribution in [-0.2, 0) is 17.4 Å². The zero-order valence-corrected chi connectivity index (χ0v) is 18.2. The van der Waals surface area contributed by atoms with Gasteiger partial charge in [-0.25, -0.2) is 0 Å². The first-order valence-electron chi connectivity index (χ1n) is 10.6. The molecule has 6 nitrogen and oxygen atoms in total. The van der Waals surface area contributed by atoms with Crippen LogP contribution in [0.2, 0.25) is 0 Å². The van der Waals surface area contributed by atoms with E-state index in [1.807, 2.05) is 44.2 Å². The largest absolute Gasteiger partial charge is 0.417 e. The molecule has 0 radical (unpaired) electrons. The van der Waals surface area contributed by atoms with E-state index < -0.39 is 17.3 Å². The second-order valence-electron chi connectivity index (χ2n) is 8.37. The maximum absolute atomic E-state index is 12.8. The Labute approximate surface area is 185 Å². The number of hydrogen-bond donors (Lipinski definition) is 2. The number of benzene rings is 1. The standard InChI is InChI=1S/C16H14F3N3.C7H14N2O/c1-11(9-12-5-3-2-4-6-12)15-21-20-14-8-7-13(10-22(14)15)16(17,18)19;1-7(6(8)10)4-2-3-5-9-7/h2-8,10-11H,9H2,1H3;9H,2-5H2,1H3,(H2,8,10)/t11-;/m1./s1. The fourth-order valence-electron chi connectivity index (χ4n) is 3.74. The van der Waals surface area contributed by atoms with Gasteiger partial charge in [-0.2, -0.15) is 13.2 Å². The molecule has 1 fully saturated rings. The number of piperidine rings is 1. The first kappa shape index (κ1) is 23.7. The summed E-state index contributed by atoms with van der Waals surface area (Å²) in [5.74, 6) is 0.262. The Balaban J connectivity index is 0.000000243. The molecule has 0 bridgehead atoms. The Morgan fingerprint density at radius 3 is 2.47 bits per heavy atom. The van der Waals surface area contributed by atoms with E-state index >= 15 is 0 Å². The van der Waals surface area contributed by atoms with Gasteiger partial charge in [0.25, 0.3) is 0 Å². The summed E-state index contributed by atoms with van der Waals surface area (Å²) in [5.41, 5.74) is 5.60. The number of primary amides is 1. The predicted octanol–water partition coefficient (Wildman–Crippen LogP) is 4.10. The van der Waals surface area contributed by atoms with Crippen LogP contribution in [0.3, 0.4) is 0 Å². The molecule has 3 N–H and O–H groups in total. The summed E-state index contributed by atoms with van der Waals surface area (Å²) in [6, 6.07) is 12.1. The number of amides is 1. The number of hydrogen-bond acceptors (Lipinski definition) is 4. The summed E-state index contributed by atoms with van der Waals surface area (Å²) in [6.45, 7) is 4.72. The molecule has 9 heteroatoms. The van der Waals surface area contributed by atoms with Crippen molar-refractivity contribution < 1.29 is 18.0 Å². The van der Waals surface area contributed by atoms with Crippen molar-refractivity contribution in [2.45, 2.75) is 57.2 Å². The minimum atomic E-state index is -4.38. The summed E-state index contributed by atoms with van der Waals surface area (Å²) in [6.07, 6.45) is 0.514. The lowest BCUT2D eigenvalue weighted by atomic mass is 9.90. The van der Waals surface area contributed by atoms with Gasteiger partial charge in [-0.05, 0) is 56.8 Å². The van der Waals surface area contributed by atoms with Crippen molar-refractivity contribution in [2.75, 3.05) is 6.54 Å². The van der Waals surface area contributed by atoms with Gasteiger partial charge in [0.2, 0.25) is 5.91 Å². The molecular weight excluding hydrogens is 419 g/mol. The van der Waals surface area contributed by atoms with E-state index in [2.05, 4.69) is 15.5 Å². The fraction of sp³-hybridized carbons (Fsp3) is 0.435. The van der Waals surface area contributed by atoms with Gasteiger partial charge < -0.3 is 11.1 Å². The predicted molar refractivity (Wildman–Crippen MR) is 116 cm³/mol. The summed E-state index contributed by atoms with van der Waals surface area (Å²) >= 11 is 0. The van der Waals surface area contributed by atoms with E-state index in [9.17, 15) is 18.0 Å². The maximum atomic E-state index is 12.8. The van der Waals surface area contributed by atoms with E-state index in [1.165, 1.54) is 10.5 Å². The highest BCUT2D eigenvalue weighted by Crippen LogP contribution is 2.30. The van der Waals surface area contributed by atoms with Crippen LogP contribution in [0, 0.1) is 0 Å². The van der Waals surface area contributed by atoms with Gasteiger partial charge in [0.05, 0.1) is 11.1 Å². The van der Waals surface area contributed by atoms with Crippen LogP contribution in [0.25, 0.3) is 5.65 Å². The summed E-state index contributed by atoms with van der Waals surface area (Å²) in [4.78, 5) is 10.8. The lowest BCUT2D eigenvalue weighted by Crippen LogP contribution is -2.55. The van der Waals surface area contributed by atoms with Crippen molar-refractivity contribution in [1.29, 1.82) is 0 Å². The van der Waals surface area contributed by atoms with Crippen LogP contribution >= 0.6 is 0 Å². The average Bonchev–Trinajstić information content (AvgIpc) is 3.18. The number of nitrogens with one attached hydrogen (secondary N) is 1. The molecule has 1 aromatic carbocycles. The smallest absolute Gasteiger partial charge is 0.368 e. The Morgan fingerprint density at radius 2 is 1.91 bits per heavy atom. The number of carbonyl (C=O) groups is 1. The number of carbonyl (C=O) groups excluding carboxylic acids is 1. The fourth-order valence-corrected chi connectivity index (χ4v) is 3.74. The highest BCUT2D eigenvalue weighted by molar-refractivity contribution is 5.84. The van der Waals surface area contributed by atoms with Gasteiger partial charge in [0.15, 0.2) is 5.65 Å². The molecule has 172 valence electrons. The van der Waals surface area contributed by atoms with E-state index in [-0.39, 0.29) is 11.8 Å². The van der Waals surface area contributed by atoms with Gasteiger partial charge in [-0.1, -0.05) is 37.3 Å². The molecule has 2 atom stereocenters. The van der Waals surface area contributed by atoms with Crippen LogP contribution in [0.4, 0.5) is 13.2 Å². The highest BCUT2D eigenvalue weighted by atomic mass is 19.4. The quantitative estimate of drug-likeness (QED) is 0.631. The Morgan fingerprint density at radius 1 is 1.19 bits per heavy atom. The number of alkyl halides is 3. The maximum Gasteiger partial charge on any atom is 0.417 e. The second-order valence-corrected chi connectivity index (χ2v) is 8.37. The van der Waals surface area contributed by atoms with Crippen molar-refractivity contribution in [3.8, 4) is 0 Å². The van der Waals surface area contributed by atoms with Crippen LogP contribution in [0.1, 0.15) is 56.0 Å². The molecule has 3 aromatic rings. The number of nitrogens with two attached hydrogens (primary N) is 1. The zero-order chi connectivity index (χ0) is 23.4. The Hall–Kier alpha value is -2.94. The summed E-state index contributed by atoms with van der Waals surface area (Å²) in [5, 5.41) is 11.1. The number of nitrogens with zero attached hydrogens (tertiary/aromatic N) is 3. The number of halogens is 3. The third-order valence-electron chi connectivity index (χ3n) is 5.74. The van der Waals surface area contributed by atoms with E-state index in [0.29, 0.717) is 17.9 Å². The van der Waals surface area contributed by atoms with Crippen molar-refractivity contribution >= 4 is 11.6 Å². The third kappa shape index (κ3) is 5.64. The number of pyridine rings is 1. The van der Waals surface area contributed by atoms with Crippen LogP contribution in [0.15, 0.2) is 48.7 Å². The van der Waals surface area contributed by atoms with Crippen molar-refractivity contribution in [3.63, 3.8) is 0 Å². The SMILES string of the molecule is CC1(C(N)=O)CCCCN1.C[C@H](Cc1ccccc1)c1nnc2ccc(C(F)(F)F)cn12. The minimum Gasteiger partial charge on any atom is -0.368 e. The molecule has 1 unspecified atom stereocenters. The van der Waals surface area contributed by atoms with Crippen molar-refractivity contribution in [3.05, 3.63) is 65.6 Å². The van der Waals surface area contributed by atoms with Crippen LogP contribution in [0.5, 0.6) is 0 Å². The second kappa shape index (κ2) is 9.68. The lowest BCUT2D eigenvalue weighted by molar-refractivity contribution is -0.137. The molecule has 1 aliphatic heterocycles. The topological polar surface area (TPSA) is 85.3 Å². The van der Waals surface area contributed by atoms with Crippen LogP contribution < -0.4 is 11.1 Å². The molecule has 1 saturated heterocycles. The zero-order valence-electron chi connectivity index (χ0n) is 18.2. The molecule has 0 aliphatic carbocycles. The molecule has 32 heavy (non-hydrogen) atoms. The van der Waals surface area contributed by atoms with Gasteiger partial charge in [-0.15, -0.1) is 10.2 Å². The highest BCUT2D eigenvalue weighted by Gasteiger charge is 2.32. The van der Waals surface area contributed by atoms with Gasteiger partial charge in [-0.3, -0.25) is 9.20 Å². The minimum absolute atomic E-state index is 0.0408. The van der Waals surface area contributed by atoms with Crippen LogP contribution in [-0.4, -0.2) is 32.6 Å². The van der Waals surface area contributed by atoms with E-state index in [4.69, 9.17) is 5.73 Å². The van der Waals surface area contributed by atoms with Crippen molar-refractivity contribution in [2.24, 2.45) is 5.73 Å². The van der Waals surface area contributed by atoms with Gasteiger partial charge >= 0.3 is 6.18 Å². The monoisotopic (exact) mass is 447 g/mol. The molecule has 3 heterocycles. The molecule has 4 rings (SSSR count). The van der Waals surface area contributed by atoms with E-state index in [1.54, 1.807) is 0 Å².